The summed E-state index contributed by atoms with van der Waals surface area (Å²) in [5.74, 6) is 2.48. The smallest absolute Gasteiger partial charge is 0.119 e. The van der Waals surface area contributed by atoms with Gasteiger partial charge < -0.3 is 14.8 Å². The summed E-state index contributed by atoms with van der Waals surface area (Å²) >= 11 is 0. The molecule has 1 aliphatic rings. The van der Waals surface area contributed by atoms with Crippen molar-refractivity contribution in [3.63, 3.8) is 0 Å². The van der Waals surface area contributed by atoms with Gasteiger partial charge in [0.25, 0.3) is 0 Å². The fourth-order valence-electron chi connectivity index (χ4n) is 2.08. The Morgan fingerprint density at radius 3 is 2.47 bits per heavy atom. The molecular formula is C14H21NO2. The minimum absolute atomic E-state index is 0.648. The molecule has 1 N–H and O–H groups in total. The molecule has 0 amide bonds. The molecule has 1 saturated heterocycles. The van der Waals surface area contributed by atoms with Crippen LogP contribution in [0.5, 0.6) is 11.5 Å². The van der Waals surface area contributed by atoms with Gasteiger partial charge in [-0.3, -0.25) is 0 Å². The number of benzene rings is 1. The normalized spacial score (nSPS) is 19.9. The van der Waals surface area contributed by atoms with Crippen LogP contribution in [-0.4, -0.2) is 26.3 Å². The van der Waals surface area contributed by atoms with E-state index >= 15 is 0 Å². The zero-order chi connectivity index (χ0) is 11.9. The van der Waals surface area contributed by atoms with Crippen LogP contribution in [0.25, 0.3) is 0 Å². The van der Waals surface area contributed by atoms with Crippen LogP contribution < -0.4 is 14.8 Å². The fourth-order valence-corrected chi connectivity index (χ4v) is 2.08. The average Bonchev–Trinajstić information content (AvgIpc) is 2.40. The summed E-state index contributed by atoms with van der Waals surface area (Å²) in [6.45, 7) is 5.73. The number of piperidine rings is 1. The van der Waals surface area contributed by atoms with Gasteiger partial charge in [0.1, 0.15) is 11.5 Å². The number of hydrogen-bond acceptors (Lipinski definition) is 3. The first-order valence-electron chi connectivity index (χ1n) is 6.45. The molecule has 0 bridgehead atoms. The summed E-state index contributed by atoms with van der Waals surface area (Å²) in [4.78, 5) is 0. The Hall–Kier alpha value is -1.22. The molecule has 17 heavy (non-hydrogen) atoms. The molecule has 1 aromatic rings. The molecule has 1 atom stereocenters. The molecule has 1 aliphatic heterocycles. The van der Waals surface area contributed by atoms with Gasteiger partial charge in [0.05, 0.1) is 13.2 Å². The Morgan fingerprint density at radius 1 is 1.18 bits per heavy atom. The summed E-state index contributed by atoms with van der Waals surface area (Å²) in [7, 11) is 0. The predicted molar refractivity (Wildman–Crippen MR) is 68.7 cm³/mol. The quantitative estimate of drug-likeness (QED) is 0.850. The predicted octanol–water partition coefficient (Wildman–Crippen LogP) is 2.46. The van der Waals surface area contributed by atoms with E-state index in [4.69, 9.17) is 9.47 Å². The van der Waals surface area contributed by atoms with Gasteiger partial charge in [-0.25, -0.2) is 0 Å². The maximum absolute atomic E-state index is 5.78. The van der Waals surface area contributed by atoms with Gasteiger partial charge in [0.2, 0.25) is 0 Å². The summed E-state index contributed by atoms with van der Waals surface area (Å²) in [6, 6.07) is 7.86. The molecule has 94 valence electrons. The average molecular weight is 235 g/mol. The van der Waals surface area contributed by atoms with Crippen molar-refractivity contribution < 1.29 is 9.47 Å². The highest BCUT2D eigenvalue weighted by atomic mass is 16.5. The Kier molecular flexibility index (Phi) is 4.68. The standard InChI is InChI=1S/C14H21NO2/c1-2-16-13-5-7-14(8-6-13)17-11-12-4-3-9-15-10-12/h5-8,12,15H,2-4,9-11H2,1H3/t12-/m0/s1. The van der Waals surface area contributed by atoms with E-state index in [0.717, 1.165) is 31.2 Å². The van der Waals surface area contributed by atoms with Gasteiger partial charge in [0, 0.05) is 12.5 Å². The summed E-state index contributed by atoms with van der Waals surface area (Å²) < 4.78 is 11.2. The van der Waals surface area contributed by atoms with E-state index in [-0.39, 0.29) is 0 Å². The molecule has 0 unspecified atom stereocenters. The second kappa shape index (κ2) is 6.50. The van der Waals surface area contributed by atoms with Gasteiger partial charge in [-0.1, -0.05) is 0 Å². The highest BCUT2D eigenvalue weighted by Gasteiger charge is 2.13. The number of ether oxygens (including phenoxy) is 2. The molecule has 1 aromatic carbocycles. The lowest BCUT2D eigenvalue weighted by molar-refractivity contribution is 0.218. The second-order valence-corrected chi connectivity index (χ2v) is 4.43. The van der Waals surface area contributed by atoms with Crippen molar-refractivity contribution in [1.29, 1.82) is 0 Å². The lowest BCUT2D eigenvalue weighted by Gasteiger charge is -2.22. The van der Waals surface area contributed by atoms with E-state index in [1.165, 1.54) is 12.8 Å². The molecule has 3 heteroatoms. The largest absolute Gasteiger partial charge is 0.494 e. The highest BCUT2D eigenvalue weighted by Crippen LogP contribution is 2.19. The lowest BCUT2D eigenvalue weighted by Crippen LogP contribution is -2.33. The fraction of sp³-hybridized carbons (Fsp3) is 0.571. The molecule has 0 spiro atoms. The van der Waals surface area contributed by atoms with E-state index in [2.05, 4.69) is 5.32 Å². The van der Waals surface area contributed by atoms with E-state index in [1.54, 1.807) is 0 Å². The molecule has 2 rings (SSSR count). The third kappa shape index (κ3) is 3.93. The van der Waals surface area contributed by atoms with Crippen LogP contribution in [0.3, 0.4) is 0 Å². The maximum atomic E-state index is 5.78. The zero-order valence-corrected chi connectivity index (χ0v) is 10.4. The van der Waals surface area contributed by atoms with Crippen LogP contribution in [0.2, 0.25) is 0 Å². The summed E-state index contributed by atoms with van der Waals surface area (Å²) in [5, 5.41) is 3.40. The van der Waals surface area contributed by atoms with Gasteiger partial charge >= 0.3 is 0 Å². The molecule has 0 aliphatic carbocycles. The minimum atomic E-state index is 0.648. The third-order valence-corrected chi connectivity index (χ3v) is 3.02. The van der Waals surface area contributed by atoms with Crippen molar-refractivity contribution in [3.8, 4) is 11.5 Å². The topological polar surface area (TPSA) is 30.5 Å². The Bertz CT molecular complexity index is 317. The van der Waals surface area contributed by atoms with E-state index < -0.39 is 0 Å². The van der Waals surface area contributed by atoms with Crippen LogP contribution >= 0.6 is 0 Å². The van der Waals surface area contributed by atoms with Crippen molar-refractivity contribution in [1.82, 2.24) is 5.32 Å². The first-order chi connectivity index (χ1) is 8.38. The monoisotopic (exact) mass is 235 g/mol. The highest BCUT2D eigenvalue weighted by molar-refractivity contribution is 5.31. The number of hydrogen-bond donors (Lipinski definition) is 1. The van der Waals surface area contributed by atoms with E-state index in [0.29, 0.717) is 12.5 Å². The lowest BCUT2D eigenvalue weighted by atomic mass is 10.0. The molecule has 0 radical (unpaired) electrons. The number of nitrogens with one attached hydrogen (secondary N) is 1. The van der Waals surface area contributed by atoms with Crippen molar-refractivity contribution in [2.75, 3.05) is 26.3 Å². The zero-order valence-electron chi connectivity index (χ0n) is 10.4. The van der Waals surface area contributed by atoms with Crippen LogP contribution in [0, 0.1) is 5.92 Å². The van der Waals surface area contributed by atoms with E-state index in [9.17, 15) is 0 Å². The Morgan fingerprint density at radius 2 is 1.88 bits per heavy atom. The second-order valence-electron chi connectivity index (χ2n) is 4.43. The van der Waals surface area contributed by atoms with Crippen molar-refractivity contribution in [2.45, 2.75) is 19.8 Å². The molecule has 0 saturated carbocycles. The maximum Gasteiger partial charge on any atom is 0.119 e. The Balaban J connectivity index is 1.77. The first-order valence-corrected chi connectivity index (χ1v) is 6.45. The molecule has 0 aromatic heterocycles. The van der Waals surface area contributed by atoms with Crippen molar-refractivity contribution in [3.05, 3.63) is 24.3 Å². The Labute approximate surface area is 103 Å². The summed E-state index contributed by atoms with van der Waals surface area (Å²) in [6.07, 6.45) is 2.53. The molecule has 1 fully saturated rings. The van der Waals surface area contributed by atoms with E-state index in [1.807, 2.05) is 31.2 Å². The molecule has 1 heterocycles. The van der Waals surface area contributed by atoms with Gasteiger partial charge in [-0.2, -0.15) is 0 Å². The van der Waals surface area contributed by atoms with Gasteiger partial charge in [-0.15, -0.1) is 0 Å². The van der Waals surface area contributed by atoms with Gasteiger partial charge in [-0.05, 0) is 50.6 Å². The third-order valence-electron chi connectivity index (χ3n) is 3.02. The summed E-state index contributed by atoms with van der Waals surface area (Å²) in [5.41, 5.74) is 0. The van der Waals surface area contributed by atoms with Crippen LogP contribution in [-0.2, 0) is 0 Å². The molecule has 3 nitrogen and oxygen atoms in total. The first kappa shape index (κ1) is 12.2. The van der Waals surface area contributed by atoms with Crippen LogP contribution in [0.4, 0.5) is 0 Å². The van der Waals surface area contributed by atoms with Crippen molar-refractivity contribution in [2.24, 2.45) is 5.92 Å². The minimum Gasteiger partial charge on any atom is -0.494 e. The van der Waals surface area contributed by atoms with Gasteiger partial charge in [0.15, 0.2) is 0 Å². The number of rotatable bonds is 5. The SMILES string of the molecule is CCOc1ccc(OC[C@H]2CCCNC2)cc1. The van der Waals surface area contributed by atoms with Crippen LogP contribution in [0.1, 0.15) is 19.8 Å². The van der Waals surface area contributed by atoms with Crippen LogP contribution in [0.15, 0.2) is 24.3 Å². The molecular weight excluding hydrogens is 214 g/mol. The van der Waals surface area contributed by atoms with Crippen molar-refractivity contribution >= 4 is 0 Å².